The van der Waals surface area contributed by atoms with Crippen molar-refractivity contribution in [1.29, 1.82) is 0 Å². The fourth-order valence-corrected chi connectivity index (χ4v) is 2.00. The van der Waals surface area contributed by atoms with E-state index in [0.29, 0.717) is 12.0 Å². The van der Waals surface area contributed by atoms with Crippen LogP contribution in [0, 0.1) is 6.92 Å². The van der Waals surface area contributed by atoms with Gasteiger partial charge in [0.25, 0.3) is 0 Å². The molecule has 3 aromatic rings. The summed E-state index contributed by atoms with van der Waals surface area (Å²) in [6, 6.07) is 7.34. The van der Waals surface area contributed by atoms with Gasteiger partial charge in [0.1, 0.15) is 5.52 Å². The Labute approximate surface area is 109 Å². The van der Waals surface area contributed by atoms with Gasteiger partial charge in [-0.3, -0.25) is 4.79 Å². The molecule has 0 aliphatic carbocycles. The normalized spacial score (nSPS) is 10.8. The van der Waals surface area contributed by atoms with Crippen molar-refractivity contribution >= 4 is 22.7 Å². The fourth-order valence-electron chi connectivity index (χ4n) is 2.00. The van der Waals surface area contributed by atoms with Gasteiger partial charge in [0, 0.05) is 17.6 Å². The van der Waals surface area contributed by atoms with E-state index in [1.165, 1.54) is 6.39 Å². The first-order valence-electron chi connectivity index (χ1n) is 5.98. The number of carbonyl (C=O) groups is 1. The molecule has 0 atom stereocenters. The number of H-pyrrole nitrogens is 1. The molecule has 0 unspecified atom stereocenters. The second-order valence-corrected chi connectivity index (χ2v) is 4.45. The molecule has 0 saturated carbocycles. The lowest BCUT2D eigenvalue weighted by atomic mass is 10.2. The van der Waals surface area contributed by atoms with Gasteiger partial charge in [-0.15, -0.1) is 0 Å². The minimum atomic E-state index is -0.0538. The van der Waals surface area contributed by atoms with Crippen molar-refractivity contribution in [3.63, 3.8) is 0 Å². The molecule has 0 bridgehead atoms. The van der Waals surface area contributed by atoms with E-state index < -0.39 is 0 Å². The number of amides is 1. The lowest BCUT2D eigenvalue weighted by Gasteiger charge is -2.03. The number of aryl methyl sites for hydroxylation is 1. The van der Waals surface area contributed by atoms with Gasteiger partial charge in [-0.25, -0.2) is 4.98 Å². The summed E-state index contributed by atoms with van der Waals surface area (Å²) < 4.78 is 5.15. The van der Waals surface area contributed by atoms with Crippen molar-refractivity contribution in [1.82, 2.24) is 9.97 Å². The highest BCUT2D eigenvalue weighted by Crippen LogP contribution is 2.17. The summed E-state index contributed by atoms with van der Waals surface area (Å²) in [5.74, 6) is -0.0538. The van der Waals surface area contributed by atoms with Crippen LogP contribution in [0.15, 0.2) is 41.3 Å². The Kier molecular flexibility index (Phi) is 2.79. The maximum atomic E-state index is 11.9. The second-order valence-electron chi connectivity index (χ2n) is 4.45. The number of nitrogens with zero attached hydrogens (tertiary/aromatic N) is 1. The molecule has 0 radical (unpaired) electrons. The first-order chi connectivity index (χ1) is 9.20. The van der Waals surface area contributed by atoms with Crippen LogP contribution >= 0.6 is 0 Å². The Morgan fingerprint density at radius 1 is 1.42 bits per heavy atom. The molecule has 2 heterocycles. The van der Waals surface area contributed by atoms with Crippen LogP contribution in [-0.4, -0.2) is 15.9 Å². The number of hydrogen-bond acceptors (Lipinski definition) is 3. The zero-order valence-electron chi connectivity index (χ0n) is 10.4. The minimum absolute atomic E-state index is 0.0538. The average Bonchev–Trinajstić information content (AvgIpc) is 2.97. The molecule has 2 N–H and O–H groups in total. The quantitative estimate of drug-likeness (QED) is 0.755. The van der Waals surface area contributed by atoms with Crippen molar-refractivity contribution in [3.05, 3.63) is 48.1 Å². The first kappa shape index (κ1) is 11.5. The maximum absolute atomic E-state index is 11.9. The van der Waals surface area contributed by atoms with Crippen molar-refractivity contribution in [2.45, 2.75) is 13.3 Å². The number of fused-ring (bicyclic) bond motifs is 1. The van der Waals surface area contributed by atoms with Gasteiger partial charge < -0.3 is 14.7 Å². The third-order valence-corrected chi connectivity index (χ3v) is 2.87. The van der Waals surface area contributed by atoms with Crippen molar-refractivity contribution in [2.24, 2.45) is 0 Å². The largest absolute Gasteiger partial charge is 0.443 e. The summed E-state index contributed by atoms with van der Waals surface area (Å²) in [6.07, 6.45) is 3.58. The molecule has 0 spiro atoms. The monoisotopic (exact) mass is 255 g/mol. The summed E-state index contributed by atoms with van der Waals surface area (Å²) in [7, 11) is 0. The van der Waals surface area contributed by atoms with E-state index in [1.54, 1.807) is 18.2 Å². The van der Waals surface area contributed by atoms with E-state index in [1.807, 2.05) is 19.2 Å². The van der Waals surface area contributed by atoms with Crippen molar-refractivity contribution < 1.29 is 9.21 Å². The Hall–Kier alpha value is -2.56. The maximum Gasteiger partial charge on any atom is 0.228 e. The predicted molar refractivity (Wildman–Crippen MR) is 71.9 cm³/mol. The van der Waals surface area contributed by atoms with Gasteiger partial charge in [-0.05, 0) is 36.8 Å². The highest BCUT2D eigenvalue weighted by Gasteiger charge is 2.07. The van der Waals surface area contributed by atoms with Crippen molar-refractivity contribution in [3.8, 4) is 0 Å². The molecule has 2 aromatic heterocycles. The molecule has 96 valence electrons. The lowest BCUT2D eigenvalue weighted by Crippen LogP contribution is -2.13. The van der Waals surface area contributed by atoms with Crippen LogP contribution in [0.5, 0.6) is 0 Å². The van der Waals surface area contributed by atoms with Crippen molar-refractivity contribution in [2.75, 3.05) is 5.32 Å². The van der Waals surface area contributed by atoms with E-state index in [2.05, 4.69) is 15.3 Å². The van der Waals surface area contributed by atoms with Crippen LogP contribution in [0.25, 0.3) is 11.1 Å². The molecular weight excluding hydrogens is 242 g/mol. The van der Waals surface area contributed by atoms with E-state index in [9.17, 15) is 4.79 Å². The standard InChI is InChI=1S/C14H13N3O2/c1-9-4-10(7-15-9)5-14(18)17-11-2-3-13-12(6-11)16-8-19-13/h2-4,6-8,15H,5H2,1H3,(H,17,18). The Bertz CT molecular complexity index is 727. The summed E-state index contributed by atoms with van der Waals surface area (Å²) in [6.45, 7) is 1.96. The molecule has 0 aliphatic heterocycles. The van der Waals surface area contributed by atoms with Crippen LogP contribution in [0.3, 0.4) is 0 Å². The summed E-state index contributed by atoms with van der Waals surface area (Å²) >= 11 is 0. The third-order valence-electron chi connectivity index (χ3n) is 2.87. The van der Waals surface area contributed by atoms with Gasteiger partial charge in [0.15, 0.2) is 12.0 Å². The molecule has 5 heteroatoms. The molecule has 19 heavy (non-hydrogen) atoms. The summed E-state index contributed by atoms with van der Waals surface area (Å²) in [5, 5.41) is 2.85. The van der Waals surface area contributed by atoms with E-state index >= 15 is 0 Å². The van der Waals surface area contributed by atoms with E-state index in [4.69, 9.17) is 4.42 Å². The highest BCUT2D eigenvalue weighted by molar-refractivity contribution is 5.94. The number of anilines is 1. The number of carbonyl (C=O) groups excluding carboxylic acids is 1. The van der Waals surface area contributed by atoms with Crippen LogP contribution in [-0.2, 0) is 11.2 Å². The zero-order chi connectivity index (χ0) is 13.2. The van der Waals surface area contributed by atoms with Crippen LogP contribution in [0.4, 0.5) is 5.69 Å². The lowest BCUT2D eigenvalue weighted by molar-refractivity contribution is -0.115. The Morgan fingerprint density at radius 3 is 3.11 bits per heavy atom. The summed E-state index contributed by atoms with van der Waals surface area (Å²) in [5.41, 5.74) is 4.18. The number of nitrogens with one attached hydrogen (secondary N) is 2. The number of aromatic nitrogens is 2. The molecule has 5 nitrogen and oxygen atoms in total. The highest BCUT2D eigenvalue weighted by atomic mass is 16.3. The molecule has 3 rings (SSSR count). The molecule has 0 aliphatic rings. The Morgan fingerprint density at radius 2 is 2.32 bits per heavy atom. The van der Waals surface area contributed by atoms with Crippen LogP contribution in [0.1, 0.15) is 11.3 Å². The topological polar surface area (TPSA) is 70.9 Å². The Balaban J connectivity index is 1.71. The fraction of sp³-hybridized carbons (Fsp3) is 0.143. The van der Waals surface area contributed by atoms with Gasteiger partial charge in [-0.2, -0.15) is 0 Å². The number of oxazole rings is 1. The number of benzene rings is 1. The third kappa shape index (κ3) is 2.49. The molecule has 1 aromatic carbocycles. The predicted octanol–water partition coefficient (Wildman–Crippen LogP) is 2.65. The molecule has 1 amide bonds. The van der Waals surface area contributed by atoms with Gasteiger partial charge in [0.05, 0.1) is 6.42 Å². The van der Waals surface area contributed by atoms with E-state index in [0.717, 1.165) is 22.5 Å². The van der Waals surface area contributed by atoms with Gasteiger partial charge in [0.2, 0.25) is 5.91 Å². The molecular formula is C14H13N3O2. The van der Waals surface area contributed by atoms with E-state index in [-0.39, 0.29) is 5.91 Å². The zero-order valence-corrected chi connectivity index (χ0v) is 10.4. The van der Waals surface area contributed by atoms with Gasteiger partial charge >= 0.3 is 0 Å². The number of hydrogen-bond donors (Lipinski definition) is 2. The van der Waals surface area contributed by atoms with Crippen LogP contribution < -0.4 is 5.32 Å². The molecule has 0 saturated heterocycles. The van der Waals surface area contributed by atoms with Crippen LogP contribution in [0.2, 0.25) is 0 Å². The summed E-state index contributed by atoms with van der Waals surface area (Å²) in [4.78, 5) is 19.0. The minimum Gasteiger partial charge on any atom is -0.443 e. The molecule has 0 fully saturated rings. The second kappa shape index (κ2) is 4.61. The first-order valence-corrected chi connectivity index (χ1v) is 5.98. The average molecular weight is 255 g/mol. The smallest absolute Gasteiger partial charge is 0.228 e. The number of rotatable bonds is 3. The number of aromatic amines is 1. The SMILES string of the molecule is Cc1cc(CC(=O)Nc2ccc3ocnc3c2)c[nH]1. The van der Waals surface area contributed by atoms with Gasteiger partial charge in [-0.1, -0.05) is 0 Å².